The quantitative estimate of drug-likeness (QED) is 0.228. The molecule has 2 fully saturated rings. The molecule has 1 unspecified atom stereocenters. The molecule has 1 aromatic carbocycles. The van der Waals surface area contributed by atoms with Gasteiger partial charge in [0.15, 0.2) is 0 Å². The Kier molecular flexibility index (Phi) is 15.3. The number of pyridine rings is 1. The van der Waals surface area contributed by atoms with Gasteiger partial charge in [-0.2, -0.15) is 13.2 Å². The van der Waals surface area contributed by atoms with Crippen LogP contribution in [0.4, 0.5) is 13.2 Å². The molecule has 0 aliphatic carbocycles. The Labute approximate surface area is 293 Å². The number of hydrogen-bond donors (Lipinski definition) is 2. The first-order chi connectivity index (χ1) is 23.4. The number of aliphatic carboxylic acids is 1. The summed E-state index contributed by atoms with van der Waals surface area (Å²) in [4.78, 5) is 40.6. The van der Waals surface area contributed by atoms with Gasteiger partial charge in [-0.15, -0.1) is 0 Å². The van der Waals surface area contributed by atoms with E-state index in [-0.39, 0.29) is 29.1 Å². The number of sulfonamides is 1. The standard InChI is InChI=1S/C33H53N5O4S.C2HF3O2/c1-25(2)38-31-15-10-9-14-26(31)22-30(33(38)40)32(39)34-27-23-28-16-17-29(24-27)37(28)21-12-8-6-7-11-18-35(3)19-13-20-36(4)43(5,41)42;3-2(4,5)1(6)7/h9-10,14-15,22,25,27-29H,6-8,11-13,16-21,23-24H2,1-5H3,(H,34,39);(H,6,7)/t27?,28-,29+;. The first-order valence-electron chi connectivity index (χ1n) is 17.5. The molecule has 3 heterocycles. The number of carbonyl (C=O) groups excluding carboxylic acids is 1. The van der Waals surface area contributed by atoms with Gasteiger partial charge in [0.2, 0.25) is 10.0 Å². The second kappa shape index (κ2) is 18.5. The van der Waals surface area contributed by atoms with Gasteiger partial charge in [-0.1, -0.05) is 37.5 Å². The molecule has 4 rings (SSSR count). The fourth-order valence-corrected chi connectivity index (χ4v) is 7.49. The van der Waals surface area contributed by atoms with Crippen molar-refractivity contribution in [3.05, 3.63) is 46.2 Å². The van der Waals surface area contributed by atoms with Crippen molar-refractivity contribution in [1.29, 1.82) is 0 Å². The van der Waals surface area contributed by atoms with Gasteiger partial charge in [0.25, 0.3) is 11.5 Å². The number of para-hydroxylation sites is 1. The summed E-state index contributed by atoms with van der Waals surface area (Å²) in [5.74, 6) is -3.00. The maximum absolute atomic E-state index is 13.4. The molecule has 0 radical (unpaired) electrons. The second-order valence-electron chi connectivity index (χ2n) is 14.0. The van der Waals surface area contributed by atoms with Crippen LogP contribution >= 0.6 is 0 Å². The van der Waals surface area contributed by atoms with Crippen molar-refractivity contribution in [2.24, 2.45) is 0 Å². The number of rotatable bonds is 16. The van der Waals surface area contributed by atoms with Crippen LogP contribution in [0.25, 0.3) is 10.9 Å². The smallest absolute Gasteiger partial charge is 0.475 e. The predicted octanol–water partition coefficient (Wildman–Crippen LogP) is 5.10. The molecular weight excluding hydrogens is 675 g/mol. The number of fused-ring (bicyclic) bond motifs is 3. The van der Waals surface area contributed by atoms with Gasteiger partial charge in [-0.3, -0.25) is 14.5 Å². The topological polar surface area (TPSA) is 132 Å². The van der Waals surface area contributed by atoms with E-state index >= 15 is 0 Å². The number of nitrogens with one attached hydrogen (secondary N) is 1. The Morgan fingerprint density at radius 1 is 0.960 bits per heavy atom. The van der Waals surface area contributed by atoms with Crippen LogP contribution in [0.5, 0.6) is 0 Å². The maximum atomic E-state index is 13.4. The molecule has 2 bridgehead atoms. The van der Waals surface area contributed by atoms with Gasteiger partial charge in [0, 0.05) is 37.8 Å². The third kappa shape index (κ3) is 12.1. The van der Waals surface area contributed by atoms with Crippen molar-refractivity contribution < 1.29 is 36.3 Å². The lowest BCUT2D eigenvalue weighted by atomic mass is 9.96. The highest BCUT2D eigenvalue weighted by Crippen LogP contribution is 2.36. The average Bonchev–Trinajstić information content (AvgIpc) is 3.26. The van der Waals surface area contributed by atoms with Gasteiger partial charge in [-0.25, -0.2) is 17.5 Å². The van der Waals surface area contributed by atoms with E-state index in [9.17, 15) is 31.2 Å². The number of piperidine rings is 1. The molecule has 1 aromatic heterocycles. The normalized spacial score (nSPS) is 19.6. The van der Waals surface area contributed by atoms with Crippen LogP contribution < -0.4 is 10.9 Å². The zero-order chi connectivity index (χ0) is 37.2. The molecule has 3 atom stereocenters. The van der Waals surface area contributed by atoms with Gasteiger partial charge >= 0.3 is 12.1 Å². The molecule has 2 aliphatic rings. The Balaban J connectivity index is 0.000000872. The Morgan fingerprint density at radius 2 is 1.52 bits per heavy atom. The van der Waals surface area contributed by atoms with Crippen LogP contribution in [-0.2, 0) is 14.8 Å². The highest BCUT2D eigenvalue weighted by Gasteiger charge is 2.41. The summed E-state index contributed by atoms with van der Waals surface area (Å²) in [6.45, 7) is 7.63. The highest BCUT2D eigenvalue weighted by molar-refractivity contribution is 7.88. The van der Waals surface area contributed by atoms with E-state index in [2.05, 4.69) is 22.2 Å². The van der Waals surface area contributed by atoms with Crippen LogP contribution in [0.3, 0.4) is 0 Å². The fraction of sp³-hybridized carbons (Fsp3) is 0.686. The molecule has 15 heteroatoms. The molecule has 2 aromatic rings. The second-order valence-corrected chi connectivity index (χ2v) is 16.1. The fourth-order valence-electron chi connectivity index (χ4n) is 7.03. The van der Waals surface area contributed by atoms with Gasteiger partial charge in [-0.05, 0) is 103 Å². The van der Waals surface area contributed by atoms with Crippen LogP contribution in [0, 0.1) is 0 Å². The molecule has 282 valence electrons. The van der Waals surface area contributed by atoms with Crippen molar-refractivity contribution in [2.45, 2.75) is 108 Å². The number of amides is 1. The molecular formula is C35H54F3N5O6S. The summed E-state index contributed by atoms with van der Waals surface area (Å²) in [5, 5.41) is 11.3. The number of benzene rings is 1. The minimum absolute atomic E-state index is 0.0293. The Hall–Kier alpha value is -3.01. The zero-order valence-electron chi connectivity index (χ0n) is 29.9. The molecule has 1 amide bonds. The van der Waals surface area contributed by atoms with E-state index in [1.165, 1.54) is 55.5 Å². The van der Waals surface area contributed by atoms with Crippen molar-refractivity contribution in [3.8, 4) is 0 Å². The number of unbranched alkanes of at least 4 members (excludes halogenated alkanes) is 4. The largest absolute Gasteiger partial charge is 0.490 e. The van der Waals surface area contributed by atoms with Crippen molar-refractivity contribution >= 4 is 32.8 Å². The van der Waals surface area contributed by atoms with E-state index in [4.69, 9.17) is 9.90 Å². The summed E-state index contributed by atoms with van der Waals surface area (Å²) in [6, 6.07) is 10.7. The molecule has 11 nitrogen and oxygen atoms in total. The lowest BCUT2D eigenvalue weighted by Gasteiger charge is -2.39. The third-order valence-corrected chi connectivity index (χ3v) is 11.0. The van der Waals surface area contributed by atoms with Crippen LogP contribution in [0.1, 0.15) is 94.5 Å². The summed E-state index contributed by atoms with van der Waals surface area (Å²) in [5.41, 5.74) is 0.897. The molecule has 2 N–H and O–H groups in total. The lowest BCUT2D eigenvalue weighted by Crippen LogP contribution is -2.51. The monoisotopic (exact) mass is 729 g/mol. The third-order valence-electron chi connectivity index (χ3n) is 9.70. The van der Waals surface area contributed by atoms with Gasteiger partial charge in [0.05, 0.1) is 11.8 Å². The number of carboxylic acid groups (broad SMARTS) is 1. The lowest BCUT2D eigenvalue weighted by molar-refractivity contribution is -0.192. The molecule has 50 heavy (non-hydrogen) atoms. The summed E-state index contributed by atoms with van der Waals surface area (Å²) < 4.78 is 57.9. The van der Waals surface area contributed by atoms with Crippen molar-refractivity contribution in [3.63, 3.8) is 0 Å². The zero-order valence-corrected chi connectivity index (χ0v) is 30.7. The first kappa shape index (κ1) is 41.4. The van der Waals surface area contributed by atoms with Gasteiger partial charge in [0.1, 0.15) is 5.56 Å². The molecule has 0 spiro atoms. The Bertz CT molecular complexity index is 1590. The van der Waals surface area contributed by atoms with E-state index in [0.717, 1.165) is 49.8 Å². The highest BCUT2D eigenvalue weighted by atomic mass is 32.2. The number of hydrogen-bond acceptors (Lipinski definition) is 7. The Morgan fingerprint density at radius 3 is 2.10 bits per heavy atom. The van der Waals surface area contributed by atoms with Crippen molar-refractivity contribution in [1.82, 2.24) is 24.0 Å². The number of carboxylic acids is 1. The molecule has 2 aliphatic heterocycles. The minimum Gasteiger partial charge on any atom is -0.475 e. The van der Waals surface area contributed by atoms with Crippen LogP contribution in [0.2, 0.25) is 0 Å². The van der Waals surface area contributed by atoms with E-state index < -0.39 is 22.2 Å². The van der Waals surface area contributed by atoms with Crippen LogP contribution in [0.15, 0.2) is 35.1 Å². The van der Waals surface area contributed by atoms with Crippen molar-refractivity contribution in [2.75, 3.05) is 46.5 Å². The number of nitrogens with zero attached hydrogens (tertiary/aromatic N) is 4. The average molecular weight is 730 g/mol. The molecule has 2 saturated heterocycles. The summed E-state index contributed by atoms with van der Waals surface area (Å²) in [6.07, 6.45) is 7.42. The SMILES string of the molecule is CC(C)n1c(=O)c(C(=O)NC2C[C@H]3CC[C@@H](C2)N3CCCCCCCN(C)CCCN(C)S(C)(=O)=O)cc2ccccc21.O=C(O)C(F)(F)F. The van der Waals surface area contributed by atoms with Crippen LogP contribution in [-0.4, -0.2) is 115 Å². The van der Waals surface area contributed by atoms with E-state index in [0.29, 0.717) is 18.6 Å². The summed E-state index contributed by atoms with van der Waals surface area (Å²) >= 11 is 0. The predicted molar refractivity (Wildman–Crippen MR) is 189 cm³/mol. The number of halogens is 3. The van der Waals surface area contributed by atoms with E-state index in [1.807, 2.05) is 38.1 Å². The number of aromatic nitrogens is 1. The first-order valence-corrected chi connectivity index (χ1v) is 19.4. The summed E-state index contributed by atoms with van der Waals surface area (Å²) in [7, 11) is 0.667. The van der Waals surface area contributed by atoms with Gasteiger partial charge < -0.3 is 19.9 Å². The number of carbonyl (C=O) groups is 2. The number of alkyl halides is 3. The minimum atomic E-state index is -5.08. The van der Waals surface area contributed by atoms with E-state index in [1.54, 1.807) is 17.7 Å². The maximum Gasteiger partial charge on any atom is 0.490 e. The molecule has 0 saturated carbocycles.